The maximum Gasteiger partial charge on any atom is 0.219 e. The Bertz CT molecular complexity index is 581. The SMILES string of the molecule is CCNC(C)c1ccnc(Oc2ccccc2C(C)C)c1. The van der Waals surface area contributed by atoms with Gasteiger partial charge < -0.3 is 10.1 Å². The third-order valence-corrected chi connectivity index (χ3v) is 3.52. The fraction of sp³-hybridized carbons (Fsp3) is 0.389. The van der Waals surface area contributed by atoms with Crippen LogP contribution in [0.3, 0.4) is 0 Å². The van der Waals surface area contributed by atoms with Crippen LogP contribution in [0.1, 0.15) is 50.8 Å². The average Bonchev–Trinajstić information content (AvgIpc) is 2.48. The molecule has 0 spiro atoms. The summed E-state index contributed by atoms with van der Waals surface area (Å²) in [5, 5.41) is 3.40. The van der Waals surface area contributed by atoms with Crippen LogP contribution in [0.4, 0.5) is 0 Å². The second-order valence-corrected chi connectivity index (χ2v) is 5.50. The van der Waals surface area contributed by atoms with Crippen LogP contribution in [0.15, 0.2) is 42.6 Å². The van der Waals surface area contributed by atoms with E-state index in [0.717, 1.165) is 12.3 Å². The van der Waals surface area contributed by atoms with Gasteiger partial charge in [0.15, 0.2) is 0 Å². The molecule has 1 aromatic heterocycles. The van der Waals surface area contributed by atoms with Crippen LogP contribution < -0.4 is 10.1 Å². The molecular formula is C18H24N2O. The first-order valence-corrected chi connectivity index (χ1v) is 7.58. The molecule has 2 rings (SSSR count). The summed E-state index contributed by atoms with van der Waals surface area (Å²) in [5.41, 5.74) is 2.38. The zero-order valence-corrected chi connectivity index (χ0v) is 13.3. The molecule has 0 fully saturated rings. The zero-order valence-electron chi connectivity index (χ0n) is 13.3. The first-order chi connectivity index (χ1) is 10.1. The predicted octanol–water partition coefficient (Wildman–Crippen LogP) is 4.67. The minimum atomic E-state index is 0.292. The van der Waals surface area contributed by atoms with Crippen molar-refractivity contribution in [3.05, 3.63) is 53.7 Å². The van der Waals surface area contributed by atoms with Gasteiger partial charge in [-0.2, -0.15) is 0 Å². The van der Waals surface area contributed by atoms with Gasteiger partial charge in [-0.3, -0.25) is 0 Å². The minimum Gasteiger partial charge on any atom is -0.439 e. The second kappa shape index (κ2) is 7.23. The van der Waals surface area contributed by atoms with E-state index < -0.39 is 0 Å². The maximum absolute atomic E-state index is 6.00. The monoisotopic (exact) mass is 284 g/mol. The first-order valence-electron chi connectivity index (χ1n) is 7.58. The Morgan fingerprint density at radius 2 is 1.90 bits per heavy atom. The predicted molar refractivity (Wildman–Crippen MR) is 86.9 cm³/mol. The summed E-state index contributed by atoms with van der Waals surface area (Å²) in [6.07, 6.45) is 1.80. The third-order valence-electron chi connectivity index (χ3n) is 3.52. The highest BCUT2D eigenvalue weighted by Crippen LogP contribution is 2.30. The van der Waals surface area contributed by atoms with Gasteiger partial charge in [0.1, 0.15) is 5.75 Å². The van der Waals surface area contributed by atoms with E-state index in [4.69, 9.17) is 4.74 Å². The van der Waals surface area contributed by atoms with Crippen LogP contribution in [-0.4, -0.2) is 11.5 Å². The van der Waals surface area contributed by atoms with Crippen LogP contribution in [0, 0.1) is 0 Å². The van der Waals surface area contributed by atoms with E-state index in [1.54, 1.807) is 6.20 Å². The normalized spacial score (nSPS) is 12.4. The molecule has 0 bridgehead atoms. The number of nitrogens with zero attached hydrogens (tertiary/aromatic N) is 1. The molecule has 3 heteroatoms. The molecule has 1 heterocycles. The Balaban J connectivity index is 2.22. The number of hydrogen-bond acceptors (Lipinski definition) is 3. The summed E-state index contributed by atoms with van der Waals surface area (Å²) in [6, 6.07) is 12.5. The number of pyridine rings is 1. The summed E-state index contributed by atoms with van der Waals surface area (Å²) >= 11 is 0. The van der Waals surface area contributed by atoms with Crippen molar-refractivity contribution in [3.8, 4) is 11.6 Å². The Kier molecular flexibility index (Phi) is 5.34. The first kappa shape index (κ1) is 15.5. The second-order valence-electron chi connectivity index (χ2n) is 5.50. The molecule has 2 aromatic rings. The minimum absolute atomic E-state index is 0.292. The van der Waals surface area contributed by atoms with Gasteiger partial charge in [0.25, 0.3) is 0 Å². The van der Waals surface area contributed by atoms with Gasteiger partial charge in [0, 0.05) is 18.3 Å². The van der Waals surface area contributed by atoms with Gasteiger partial charge in [-0.15, -0.1) is 0 Å². The van der Waals surface area contributed by atoms with Gasteiger partial charge in [0.2, 0.25) is 5.88 Å². The van der Waals surface area contributed by atoms with Crippen molar-refractivity contribution in [1.29, 1.82) is 0 Å². The van der Waals surface area contributed by atoms with Gasteiger partial charge in [-0.05, 0) is 42.6 Å². The molecule has 1 atom stereocenters. The number of aromatic nitrogens is 1. The summed E-state index contributed by atoms with van der Waals surface area (Å²) in [6.45, 7) is 9.52. The topological polar surface area (TPSA) is 34.2 Å². The number of nitrogens with one attached hydrogen (secondary N) is 1. The summed E-state index contributed by atoms with van der Waals surface area (Å²) in [7, 11) is 0. The number of benzene rings is 1. The summed E-state index contributed by atoms with van der Waals surface area (Å²) in [5.74, 6) is 1.95. The third kappa shape index (κ3) is 4.05. The molecule has 0 aliphatic rings. The highest BCUT2D eigenvalue weighted by atomic mass is 16.5. The molecule has 1 aromatic carbocycles. The van der Waals surface area contributed by atoms with Crippen molar-refractivity contribution in [2.75, 3.05) is 6.54 Å². The molecule has 21 heavy (non-hydrogen) atoms. The average molecular weight is 284 g/mol. The summed E-state index contributed by atoms with van der Waals surface area (Å²) < 4.78 is 6.00. The molecule has 0 amide bonds. The maximum atomic E-state index is 6.00. The largest absolute Gasteiger partial charge is 0.439 e. The number of para-hydroxylation sites is 1. The van der Waals surface area contributed by atoms with Crippen molar-refractivity contribution in [3.63, 3.8) is 0 Å². The molecule has 0 radical (unpaired) electrons. The lowest BCUT2D eigenvalue weighted by Crippen LogP contribution is -2.17. The van der Waals surface area contributed by atoms with Crippen molar-refractivity contribution in [2.24, 2.45) is 0 Å². The van der Waals surface area contributed by atoms with E-state index in [9.17, 15) is 0 Å². The fourth-order valence-electron chi connectivity index (χ4n) is 2.34. The molecule has 1 N–H and O–H groups in total. The van der Waals surface area contributed by atoms with Gasteiger partial charge >= 0.3 is 0 Å². The van der Waals surface area contributed by atoms with Gasteiger partial charge in [0.05, 0.1) is 0 Å². The Hall–Kier alpha value is -1.87. The van der Waals surface area contributed by atoms with Crippen LogP contribution in [-0.2, 0) is 0 Å². The number of ether oxygens (including phenoxy) is 1. The quantitative estimate of drug-likeness (QED) is 0.837. The van der Waals surface area contributed by atoms with Crippen LogP contribution in [0.5, 0.6) is 11.6 Å². The van der Waals surface area contributed by atoms with E-state index in [-0.39, 0.29) is 0 Å². The Labute approximate surface area is 127 Å². The molecule has 112 valence electrons. The van der Waals surface area contributed by atoms with E-state index in [1.807, 2.05) is 30.3 Å². The molecule has 3 nitrogen and oxygen atoms in total. The van der Waals surface area contributed by atoms with E-state index in [1.165, 1.54) is 11.1 Å². The van der Waals surface area contributed by atoms with Crippen molar-refractivity contribution in [1.82, 2.24) is 10.3 Å². The molecular weight excluding hydrogens is 260 g/mol. The van der Waals surface area contributed by atoms with Gasteiger partial charge in [-0.25, -0.2) is 4.98 Å². The van der Waals surface area contributed by atoms with E-state index in [0.29, 0.717) is 17.8 Å². The fourth-order valence-corrected chi connectivity index (χ4v) is 2.34. The highest BCUT2D eigenvalue weighted by Gasteiger charge is 2.10. The van der Waals surface area contributed by atoms with Crippen molar-refractivity contribution >= 4 is 0 Å². The Morgan fingerprint density at radius 3 is 2.62 bits per heavy atom. The standard InChI is InChI=1S/C18H24N2O/c1-5-19-14(4)15-10-11-20-18(12-15)21-17-9-7-6-8-16(17)13(2)3/h6-14,19H,5H2,1-4H3. The number of hydrogen-bond donors (Lipinski definition) is 1. The lowest BCUT2D eigenvalue weighted by molar-refractivity contribution is 0.452. The van der Waals surface area contributed by atoms with Crippen LogP contribution >= 0.6 is 0 Å². The molecule has 1 unspecified atom stereocenters. The lowest BCUT2D eigenvalue weighted by atomic mass is 10.0. The van der Waals surface area contributed by atoms with Crippen LogP contribution in [0.25, 0.3) is 0 Å². The molecule has 0 aliphatic heterocycles. The number of rotatable bonds is 6. The smallest absolute Gasteiger partial charge is 0.219 e. The molecule has 0 aliphatic carbocycles. The molecule has 0 saturated heterocycles. The lowest BCUT2D eigenvalue weighted by Gasteiger charge is -2.15. The highest BCUT2D eigenvalue weighted by molar-refractivity contribution is 5.38. The van der Waals surface area contributed by atoms with Crippen LogP contribution in [0.2, 0.25) is 0 Å². The van der Waals surface area contributed by atoms with E-state index in [2.05, 4.69) is 44.1 Å². The van der Waals surface area contributed by atoms with Crippen molar-refractivity contribution in [2.45, 2.75) is 39.7 Å². The van der Waals surface area contributed by atoms with Gasteiger partial charge in [-0.1, -0.05) is 39.0 Å². The summed E-state index contributed by atoms with van der Waals surface area (Å²) in [4.78, 5) is 4.33. The zero-order chi connectivity index (χ0) is 15.2. The Morgan fingerprint density at radius 1 is 1.14 bits per heavy atom. The van der Waals surface area contributed by atoms with Crippen molar-refractivity contribution < 1.29 is 4.74 Å². The molecule has 0 saturated carbocycles. The van der Waals surface area contributed by atoms with E-state index >= 15 is 0 Å².